The zero-order valence-electron chi connectivity index (χ0n) is 9.79. The lowest BCUT2D eigenvalue weighted by molar-refractivity contribution is 0.183. The topological polar surface area (TPSA) is 44.3 Å². The fourth-order valence-corrected chi connectivity index (χ4v) is 2.09. The van der Waals surface area contributed by atoms with Crippen LogP contribution < -0.4 is 10.6 Å². The normalized spacial score (nSPS) is 15.6. The zero-order chi connectivity index (χ0) is 11.4. The number of fused-ring (bicyclic) bond motifs is 1. The molecule has 1 unspecified atom stereocenters. The van der Waals surface area contributed by atoms with Gasteiger partial charge in [0.2, 0.25) is 0 Å². The van der Waals surface area contributed by atoms with E-state index < -0.39 is 0 Å². The second-order valence-corrected chi connectivity index (χ2v) is 4.44. The van der Waals surface area contributed by atoms with Gasteiger partial charge in [0.05, 0.1) is 6.10 Å². The molecular formula is C13H20N2O. The van der Waals surface area contributed by atoms with Crippen LogP contribution in [0.3, 0.4) is 0 Å². The van der Waals surface area contributed by atoms with Crippen LogP contribution >= 0.6 is 0 Å². The third-order valence-corrected chi connectivity index (χ3v) is 2.99. The standard InChI is InChI=1S/C13H20N2O/c1-10(16)5-7-14-9-12-4-2-3-11-6-8-15-13(11)12/h2-4,10,14-16H,5-9H2,1H3. The Labute approximate surface area is 96.9 Å². The first-order valence-corrected chi connectivity index (χ1v) is 6.01. The quantitative estimate of drug-likeness (QED) is 0.659. The second-order valence-electron chi connectivity index (χ2n) is 4.44. The summed E-state index contributed by atoms with van der Waals surface area (Å²) in [6.07, 6.45) is 1.73. The number of nitrogens with one attached hydrogen (secondary N) is 2. The highest BCUT2D eigenvalue weighted by Crippen LogP contribution is 2.25. The van der Waals surface area contributed by atoms with Gasteiger partial charge in [-0.15, -0.1) is 0 Å². The first-order chi connectivity index (χ1) is 7.77. The van der Waals surface area contributed by atoms with Gasteiger partial charge in [0.15, 0.2) is 0 Å². The van der Waals surface area contributed by atoms with Gasteiger partial charge in [0, 0.05) is 18.8 Å². The third kappa shape index (κ3) is 2.74. The number of hydrogen-bond acceptors (Lipinski definition) is 3. The molecule has 3 nitrogen and oxygen atoms in total. The molecule has 0 amide bonds. The van der Waals surface area contributed by atoms with E-state index in [4.69, 9.17) is 5.11 Å². The van der Waals surface area contributed by atoms with Crippen molar-refractivity contribution in [3.63, 3.8) is 0 Å². The number of aliphatic hydroxyl groups is 1. The number of hydrogen-bond donors (Lipinski definition) is 3. The molecule has 0 aliphatic carbocycles. The molecule has 1 atom stereocenters. The van der Waals surface area contributed by atoms with Crippen molar-refractivity contribution >= 4 is 5.69 Å². The maximum atomic E-state index is 9.15. The minimum atomic E-state index is -0.216. The molecule has 1 aromatic rings. The molecule has 0 aromatic heterocycles. The molecule has 2 rings (SSSR count). The summed E-state index contributed by atoms with van der Waals surface area (Å²) in [6.45, 7) is 4.62. The summed E-state index contributed by atoms with van der Waals surface area (Å²) in [7, 11) is 0. The van der Waals surface area contributed by atoms with Crippen molar-refractivity contribution in [1.82, 2.24) is 5.32 Å². The largest absolute Gasteiger partial charge is 0.393 e. The van der Waals surface area contributed by atoms with Crippen molar-refractivity contribution in [3.8, 4) is 0 Å². The minimum Gasteiger partial charge on any atom is -0.393 e. The SMILES string of the molecule is CC(O)CCNCc1cccc2c1NCC2. The van der Waals surface area contributed by atoms with Gasteiger partial charge in [-0.1, -0.05) is 18.2 Å². The Morgan fingerprint density at radius 1 is 1.50 bits per heavy atom. The van der Waals surface area contributed by atoms with Crippen molar-refractivity contribution in [2.75, 3.05) is 18.4 Å². The summed E-state index contributed by atoms with van der Waals surface area (Å²) in [6, 6.07) is 6.47. The van der Waals surface area contributed by atoms with E-state index in [2.05, 4.69) is 28.8 Å². The van der Waals surface area contributed by atoms with Crippen molar-refractivity contribution < 1.29 is 5.11 Å². The van der Waals surface area contributed by atoms with Crippen molar-refractivity contribution in [2.45, 2.75) is 32.4 Å². The molecule has 0 fully saturated rings. The van der Waals surface area contributed by atoms with Crippen LogP contribution in [0.1, 0.15) is 24.5 Å². The fourth-order valence-electron chi connectivity index (χ4n) is 2.09. The summed E-state index contributed by atoms with van der Waals surface area (Å²) in [5, 5.41) is 15.9. The van der Waals surface area contributed by atoms with Crippen molar-refractivity contribution in [1.29, 1.82) is 0 Å². The molecule has 1 aliphatic heterocycles. The van der Waals surface area contributed by atoms with Gasteiger partial charge in [-0.05, 0) is 37.4 Å². The molecule has 0 spiro atoms. The van der Waals surface area contributed by atoms with E-state index in [1.807, 2.05) is 6.92 Å². The summed E-state index contributed by atoms with van der Waals surface area (Å²) < 4.78 is 0. The molecule has 1 heterocycles. The summed E-state index contributed by atoms with van der Waals surface area (Å²) >= 11 is 0. The molecule has 16 heavy (non-hydrogen) atoms. The fraction of sp³-hybridized carbons (Fsp3) is 0.538. The molecule has 0 saturated carbocycles. The Morgan fingerprint density at radius 2 is 2.38 bits per heavy atom. The Bertz CT molecular complexity index is 350. The van der Waals surface area contributed by atoms with Gasteiger partial charge in [0.25, 0.3) is 0 Å². The maximum Gasteiger partial charge on any atom is 0.0524 e. The van der Waals surface area contributed by atoms with Crippen molar-refractivity contribution in [3.05, 3.63) is 29.3 Å². The van der Waals surface area contributed by atoms with Crippen LogP contribution in [0.25, 0.3) is 0 Å². The molecule has 0 saturated heterocycles. The molecule has 0 bridgehead atoms. The van der Waals surface area contributed by atoms with Gasteiger partial charge in [0.1, 0.15) is 0 Å². The van der Waals surface area contributed by atoms with E-state index in [0.717, 1.165) is 32.5 Å². The Morgan fingerprint density at radius 3 is 3.19 bits per heavy atom. The first-order valence-electron chi connectivity index (χ1n) is 6.01. The van der Waals surface area contributed by atoms with Crippen LogP contribution in [-0.4, -0.2) is 24.3 Å². The predicted octanol–water partition coefficient (Wildman–Crippen LogP) is 1.52. The van der Waals surface area contributed by atoms with E-state index in [0.29, 0.717) is 0 Å². The summed E-state index contributed by atoms with van der Waals surface area (Å²) in [5.41, 5.74) is 4.07. The lowest BCUT2D eigenvalue weighted by Crippen LogP contribution is -2.19. The number of aliphatic hydroxyl groups excluding tert-OH is 1. The van der Waals surface area contributed by atoms with Crippen LogP contribution in [0.4, 0.5) is 5.69 Å². The van der Waals surface area contributed by atoms with Gasteiger partial charge < -0.3 is 15.7 Å². The third-order valence-electron chi connectivity index (χ3n) is 2.99. The molecule has 0 radical (unpaired) electrons. The minimum absolute atomic E-state index is 0.216. The second kappa shape index (κ2) is 5.32. The van der Waals surface area contributed by atoms with Crippen LogP contribution in [-0.2, 0) is 13.0 Å². The highest BCUT2D eigenvalue weighted by atomic mass is 16.3. The summed E-state index contributed by atoms with van der Waals surface area (Å²) in [4.78, 5) is 0. The van der Waals surface area contributed by atoms with Gasteiger partial charge in [-0.25, -0.2) is 0 Å². The van der Waals surface area contributed by atoms with Crippen LogP contribution in [0, 0.1) is 0 Å². The lowest BCUT2D eigenvalue weighted by Gasteiger charge is -2.10. The number of para-hydroxylation sites is 1. The molecule has 3 heteroatoms. The van der Waals surface area contributed by atoms with Gasteiger partial charge >= 0.3 is 0 Å². The first kappa shape index (κ1) is 11.4. The van der Waals surface area contributed by atoms with Crippen LogP contribution in [0.2, 0.25) is 0 Å². The van der Waals surface area contributed by atoms with E-state index in [1.54, 1.807) is 0 Å². The van der Waals surface area contributed by atoms with E-state index in [1.165, 1.54) is 16.8 Å². The van der Waals surface area contributed by atoms with Gasteiger partial charge in [-0.2, -0.15) is 0 Å². The molecular weight excluding hydrogens is 200 g/mol. The van der Waals surface area contributed by atoms with E-state index in [-0.39, 0.29) is 6.10 Å². The highest BCUT2D eigenvalue weighted by Gasteiger charge is 2.12. The smallest absolute Gasteiger partial charge is 0.0524 e. The zero-order valence-corrected chi connectivity index (χ0v) is 9.79. The number of anilines is 1. The number of benzene rings is 1. The Hall–Kier alpha value is -1.06. The Kier molecular flexibility index (Phi) is 3.80. The molecule has 1 aromatic carbocycles. The molecule has 88 valence electrons. The highest BCUT2D eigenvalue weighted by molar-refractivity contribution is 5.61. The van der Waals surface area contributed by atoms with Crippen molar-refractivity contribution in [2.24, 2.45) is 0 Å². The number of rotatable bonds is 5. The molecule has 1 aliphatic rings. The monoisotopic (exact) mass is 220 g/mol. The predicted molar refractivity (Wildman–Crippen MR) is 66.6 cm³/mol. The van der Waals surface area contributed by atoms with Crippen LogP contribution in [0.5, 0.6) is 0 Å². The summed E-state index contributed by atoms with van der Waals surface area (Å²) in [5.74, 6) is 0. The van der Waals surface area contributed by atoms with Gasteiger partial charge in [-0.3, -0.25) is 0 Å². The average Bonchev–Trinajstić information content (AvgIpc) is 2.72. The maximum absolute atomic E-state index is 9.15. The van der Waals surface area contributed by atoms with Crippen LogP contribution in [0.15, 0.2) is 18.2 Å². The Balaban J connectivity index is 1.88. The van der Waals surface area contributed by atoms with E-state index >= 15 is 0 Å². The lowest BCUT2D eigenvalue weighted by atomic mass is 10.1. The van der Waals surface area contributed by atoms with E-state index in [9.17, 15) is 0 Å². The molecule has 3 N–H and O–H groups in total. The average molecular weight is 220 g/mol.